The minimum atomic E-state index is -2.27. The van der Waals surface area contributed by atoms with Gasteiger partial charge in [-0.2, -0.15) is 9.35 Å². The summed E-state index contributed by atoms with van der Waals surface area (Å²) in [5.41, 5.74) is 0.780. The van der Waals surface area contributed by atoms with Crippen LogP contribution in [0.15, 0.2) is 39.1 Å². The highest BCUT2D eigenvalue weighted by molar-refractivity contribution is 7.92. The van der Waals surface area contributed by atoms with Gasteiger partial charge in [-0.25, -0.2) is 4.21 Å². The fourth-order valence-corrected chi connectivity index (χ4v) is 2.17. The van der Waals surface area contributed by atoms with Gasteiger partial charge in [-0.3, -0.25) is 5.10 Å². The van der Waals surface area contributed by atoms with Crippen LogP contribution >= 0.6 is 0 Å². The summed E-state index contributed by atoms with van der Waals surface area (Å²) < 4.78 is 21.1. The lowest BCUT2D eigenvalue weighted by molar-refractivity contribution is 0.625. The molecule has 0 amide bonds. The Balaban J connectivity index is 2.05. The van der Waals surface area contributed by atoms with Crippen LogP contribution in [0.3, 0.4) is 0 Å². The minimum absolute atomic E-state index is 0.172. The fraction of sp³-hybridized carbons (Fsp3) is 0.167. The third-order valence-electron chi connectivity index (χ3n) is 2.43. The highest BCUT2D eigenvalue weighted by Gasteiger charge is 2.10. The lowest BCUT2D eigenvalue weighted by Gasteiger charge is -1.88. The molecule has 0 saturated carbocycles. The highest BCUT2D eigenvalue weighted by atomic mass is 32.2. The Morgan fingerprint density at radius 3 is 2.84 bits per heavy atom. The molecule has 2 aromatic heterocycles. The van der Waals surface area contributed by atoms with E-state index in [0.717, 1.165) is 11.0 Å². The second-order valence-electron chi connectivity index (χ2n) is 4.41. The van der Waals surface area contributed by atoms with Crippen molar-refractivity contribution in [2.45, 2.75) is 0 Å². The maximum Gasteiger partial charge on any atom is 0.277 e. The molecule has 98 valence electrons. The van der Waals surface area contributed by atoms with E-state index in [9.17, 15) is 4.21 Å². The number of para-hydroxylation sites is 1. The molecule has 3 aromatic rings. The molecule has 6 nitrogen and oxygen atoms in total. The molecule has 3 rings (SSSR count). The van der Waals surface area contributed by atoms with E-state index >= 15 is 0 Å². The average Bonchev–Trinajstić information content (AvgIpc) is 2.91. The predicted molar refractivity (Wildman–Crippen MR) is 73.7 cm³/mol. The van der Waals surface area contributed by atoms with Gasteiger partial charge in [-0.1, -0.05) is 18.2 Å². The number of hydrogen-bond donors (Lipinski definition) is 1. The maximum absolute atomic E-state index is 11.6. The lowest BCUT2D eigenvalue weighted by atomic mass is 10.2. The van der Waals surface area contributed by atoms with E-state index in [-0.39, 0.29) is 5.95 Å². The molecule has 0 radical (unpaired) electrons. The summed E-state index contributed by atoms with van der Waals surface area (Å²) in [6.45, 7) is 0. The number of hydrogen-bond acceptors (Lipinski definition) is 5. The van der Waals surface area contributed by atoms with Crippen LogP contribution in [0.5, 0.6) is 0 Å². The van der Waals surface area contributed by atoms with Gasteiger partial charge in [0.05, 0.1) is 0 Å². The van der Waals surface area contributed by atoms with Gasteiger partial charge in [0.1, 0.15) is 5.58 Å². The summed E-state index contributed by atoms with van der Waals surface area (Å²) in [5.74, 6) is 1.22. The summed E-state index contributed by atoms with van der Waals surface area (Å²) in [6.07, 6.45) is 3.06. The standard InChI is InChI=1S/C12H12N4O2S/c1-19(2,17)16-12-13-11(14-15-12)10-7-8-5-3-4-6-9(8)18-10/h3-7H,1-2H3,(H,13,14,15). The molecule has 1 N–H and O–H groups in total. The van der Waals surface area contributed by atoms with E-state index in [1.807, 2.05) is 30.3 Å². The summed E-state index contributed by atoms with van der Waals surface area (Å²) >= 11 is 0. The first kappa shape index (κ1) is 11.9. The van der Waals surface area contributed by atoms with Gasteiger partial charge in [0.2, 0.25) is 0 Å². The molecule has 19 heavy (non-hydrogen) atoms. The number of H-pyrrole nitrogens is 1. The van der Waals surface area contributed by atoms with Crippen LogP contribution in [0.25, 0.3) is 22.6 Å². The molecule has 0 aliphatic heterocycles. The van der Waals surface area contributed by atoms with E-state index in [0.29, 0.717) is 11.6 Å². The van der Waals surface area contributed by atoms with Crippen molar-refractivity contribution in [3.8, 4) is 11.6 Å². The van der Waals surface area contributed by atoms with Crippen LogP contribution in [-0.2, 0) is 9.73 Å². The summed E-state index contributed by atoms with van der Waals surface area (Å²) in [6, 6.07) is 9.54. The van der Waals surface area contributed by atoms with E-state index < -0.39 is 9.73 Å². The number of benzene rings is 1. The van der Waals surface area contributed by atoms with Gasteiger partial charge in [-0.15, -0.1) is 5.10 Å². The van der Waals surface area contributed by atoms with Crippen molar-refractivity contribution in [2.24, 2.45) is 4.36 Å². The van der Waals surface area contributed by atoms with Crippen molar-refractivity contribution < 1.29 is 8.63 Å². The average molecular weight is 276 g/mol. The molecule has 0 unspecified atom stereocenters. The quantitative estimate of drug-likeness (QED) is 0.779. The Kier molecular flexibility index (Phi) is 2.63. The molecule has 0 aliphatic carbocycles. The molecule has 0 atom stereocenters. The van der Waals surface area contributed by atoms with Gasteiger partial charge in [0.15, 0.2) is 11.6 Å². The number of aromatic nitrogens is 3. The number of fused-ring (bicyclic) bond motifs is 1. The van der Waals surface area contributed by atoms with Gasteiger partial charge < -0.3 is 4.42 Å². The van der Waals surface area contributed by atoms with E-state index in [2.05, 4.69) is 19.5 Å². The zero-order valence-corrected chi connectivity index (χ0v) is 11.3. The molecule has 0 aliphatic rings. The van der Waals surface area contributed by atoms with Crippen molar-refractivity contribution in [1.29, 1.82) is 0 Å². The molecule has 0 bridgehead atoms. The number of nitrogens with zero attached hydrogens (tertiary/aromatic N) is 3. The van der Waals surface area contributed by atoms with Crippen LogP contribution in [0.2, 0.25) is 0 Å². The SMILES string of the molecule is CS(C)(=O)=Nc1n[nH]c(-c2cc3ccccc3o2)n1. The smallest absolute Gasteiger partial charge is 0.277 e. The maximum atomic E-state index is 11.6. The minimum Gasteiger partial charge on any atom is -0.453 e. The van der Waals surface area contributed by atoms with Crippen LogP contribution in [0.1, 0.15) is 0 Å². The van der Waals surface area contributed by atoms with Crippen LogP contribution < -0.4 is 0 Å². The Morgan fingerprint density at radius 1 is 1.32 bits per heavy atom. The molecule has 7 heteroatoms. The number of nitrogens with one attached hydrogen (secondary N) is 1. The molecular weight excluding hydrogens is 264 g/mol. The summed E-state index contributed by atoms with van der Waals surface area (Å²) in [4.78, 5) is 4.15. The van der Waals surface area contributed by atoms with E-state index in [1.165, 1.54) is 12.5 Å². The second kappa shape index (κ2) is 4.20. The summed E-state index contributed by atoms with van der Waals surface area (Å²) in [5, 5.41) is 7.63. The van der Waals surface area contributed by atoms with E-state index in [4.69, 9.17) is 4.42 Å². The Morgan fingerprint density at radius 2 is 2.11 bits per heavy atom. The number of furan rings is 1. The highest BCUT2D eigenvalue weighted by Crippen LogP contribution is 2.26. The van der Waals surface area contributed by atoms with Gasteiger partial charge in [0, 0.05) is 27.6 Å². The van der Waals surface area contributed by atoms with Gasteiger partial charge >= 0.3 is 0 Å². The third-order valence-corrected chi connectivity index (χ3v) is 3.04. The predicted octanol–water partition coefficient (Wildman–Crippen LogP) is 2.58. The van der Waals surface area contributed by atoms with Crippen LogP contribution in [0.4, 0.5) is 5.95 Å². The van der Waals surface area contributed by atoms with Gasteiger partial charge in [0.25, 0.3) is 5.95 Å². The molecule has 2 heterocycles. The van der Waals surface area contributed by atoms with Crippen molar-refractivity contribution in [3.63, 3.8) is 0 Å². The first-order valence-electron chi connectivity index (χ1n) is 5.60. The Labute approximate surface area is 110 Å². The van der Waals surface area contributed by atoms with Crippen molar-refractivity contribution in [2.75, 3.05) is 12.5 Å². The second-order valence-corrected chi connectivity index (χ2v) is 6.95. The van der Waals surface area contributed by atoms with Gasteiger partial charge in [-0.05, 0) is 12.1 Å². The van der Waals surface area contributed by atoms with Crippen LogP contribution in [-0.4, -0.2) is 31.9 Å². The molecule has 0 spiro atoms. The summed E-state index contributed by atoms with van der Waals surface area (Å²) in [7, 11) is -2.27. The monoisotopic (exact) mass is 276 g/mol. The lowest BCUT2D eigenvalue weighted by Crippen LogP contribution is -1.89. The molecular formula is C12H12N4O2S. The zero-order chi connectivity index (χ0) is 13.5. The Hall–Kier alpha value is -2.15. The molecule has 0 fully saturated rings. The first-order chi connectivity index (χ1) is 9.01. The topological polar surface area (TPSA) is 84.1 Å². The van der Waals surface area contributed by atoms with Crippen molar-refractivity contribution >= 4 is 26.6 Å². The van der Waals surface area contributed by atoms with Crippen LogP contribution in [0, 0.1) is 0 Å². The zero-order valence-electron chi connectivity index (χ0n) is 10.5. The normalized spacial score (nSPS) is 11.9. The van der Waals surface area contributed by atoms with Crippen molar-refractivity contribution in [3.05, 3.63) is 30.3 Å². The Bertz CT molecular complexity index is 814. The van der Waals surface area contributed by atoms with E-state index in [1.54, 1.807) is 0 Å². The third kappa shape index (κ3) is 2.50. The first-order valence-corrected chi connectivity index (χ1v) is 7.93. The largest absolute Gasteiger partial charge is 0.453 e. The number of rotatable bonds is 2. The number of aromatic amines is 1. The molecule has 1 aromatic carbocycles. The fourth-order valence-electron chi connectivity index (χ4n) is 1.70. The van der Waals surface area contributed by atoms with Crippen molar-refractivity contribution in [1.82, 2.24) is 15.2 Å². The molecule has 0 saturated heterocycles.